The predicted molar refractivity (Wildman–Crippen MR) is 117 cm³/mol. The molecule has 7 heteroatoms. The molecular weight excluding hydrogens is 396 g/mol. The number of methoxy groups -OCH3 is 1. The highest BCUT2D eigenvalue weighted by Crippen LogP contribution is 2.35. The third-order valence-corrected chi connectivity index (χ3v) is 6.71. The van der Waals surface area contributed by atoms with Crippen molar-refractivity contribution >= 4 is 11.9 Å². The number of benzene rings is 1. The third kappa shape index (κ3) is 5.10. The molecule has 3 rings (SSSR count). The first-order chi connectivity index (χ1) is 14.8. The van der Waals surface area contributed by atoms with Crippen molar-refractivity contribution in [2.75, 3.05) is 27.3 Å². The zero-order chi connectivity index (χ0) is 22.6. The predicted octanol–water partition coefficient (Wildman–Crippen LogP) is 3.43. The normalized spacial score (nSPS) is 19.4. The lowest BCUT2D eigenvalue weighted by Gasteiger charge is -2.45. The molecule has 1 aromatic carbocycles. The molecule has 0 unspecified atom stereocenters. The molecule has 1 aromatic rings. The number of aryl methyl sites for hydroxylation is 3. The molecule has 2 fully saturated rings. The monoisotopic (exact) mass is 432 g/mol. The van der Waals surface area contributed by atoms with Crippen LogP contribution in [0.5, 0.6) is 0 Å². The average molecular weight is 433 g/mol. The number of piperidine rings is 1. The average Bonchev–Trinajstić information content (AvgIpc) is 3.27. The Hall–Kier alpha value is -1.96. The summed E-state index contributed by atoms with van der Waals surface area (Å²) in [6.45, 7) is 7.14. The first kappa shape index (κ1) is 23.7. The van der Waals surface area contributed by atoms with Crippen molar-refractivity contribution in [2.24, 2.45) is 0 Å². The van der Waals surface area contributed by atoms with Crippen molar-refractivity contribution in [1.29, 1.82) is 0 Å². The first-order valence-corrected chi connectivity index (χ1v) is 11.2. The molecule has 1 aliphatic heterocycles. The van der Waals surface area contributed by atoms with Crippen LogP contribution in [0.25, 0.3) is 0 Å². The van der Waals surface area contributed by atoms with Gasteiger partial charge in [-0.2, -0.15) is 5.06 Å². The lowest BCUT2D eigenvalue weighted by atomic mass is 9.86. The minimum atomic E-state index is -1.14. The van der Waals surface area contributed by atoms with E-state index in [1.807, 2.05) is 13.8 Å². The molecule has 1 amide bonds. The Bertz CT molecular complexity index is 772. The molecular formula is C24H36N2O5. The molecule has 0 radical (unpaired) electrons. The second-order valence-electron chi connectivity index (χ2n) is 8.89. The molecule has 1 heterocycles. The summed E-state index contributed by atoms with van der Waals surface area (Å²) >= 11 is 0. The van der Waals surface area contributed by atoms with E-state index < -0.39 is 11.5 Å². The van der Waals surface area contributed by atoms with Gasteiger partial charge in [0.2, 0.25) is 0 Å². The van der Waals surface area contributed by atoms with E-state index in [1.165, 1.54) is 17.7 Å². The summed E-state index contributed by atoms with van der Waals surface area (Å²) in [5.74, 6) is -0.620. The first-order valence-electron chi connectivity index (χ1n) is 11.2. The molecule has 7 nitrogen and oxygen atoms in total. The van der Waals surface area contributed by atoms with E-state index in [9.17, 15) is 9.59 Å². The van der Waals surface area contributed by atoms with E-state index in [0.29, 0.717) is 25.9 Å². The van der Waals surface area contributed by atoms with Gasteiger partial charge in [-0.3, -0.25) is 9.63 Å². The Kier molecular flexibility index (Phi) is 7.73. The summed E-state index contributed by atoms with van der Waals surface area (Å²) in [4.78, 5) is 38.4. The van der Waals surface area contributed by atoms with Gasteiger partial charge >= 0.3 is 5.97 Å². The highest BCUT2D eigenvalue weighted by atomic mass is 16.7. The summed E-state index contributed by atoms with van der Waals surface area (Å²) in [5, 5.41) is 3.19. The molecule has 0 spiro atoms. The van der Waals surface area contributed by atoms with Crippen molar-refractivity contribution < 1.29 is 24.0 Å². The third-order valence-electron chi connectivity index (χ3n) is 6.71. The van der Waals surface area contributed by atoms with E-state index in [1.54, 1.807) is 12.2 Å². The fourth-order valence-corrected chi connectivity index (χ4v) is 4.97. The molecule has 2 aliphatic rings. The molecule has 0 bridgehead atoms. The lowest BCUT2D eigenvalue weighted by molar-refractivity contribution is -0.263. The van der Waals surface area contributed by atoms with Crippen LogP contribution in [0.15, 0.2) is 12.1 Å². The number of esters is 1. The second-order valence-corrected chi connectivity index (χ2v) is 8.89. The summed E-state index contributed by atoms with van der Waals surface area (Å²) in [6, 6.07) is 4.18. The number of ether oxygens (including phenoxy) is 1. The molecule has 1 saturated carbocycles. The van der Waals surface area contributed by atoms with Crippen molar-refractivity contribution in [3.8, 4) is 0 Å². The Balaban J connectivity index is 1.94. The van der Waals surface area contributed by atoms with Crippen LogP contribution in [0, 0.1) is 20.8 Å². The Morgan fingerprint density at radius 2 is 1.65 bits per heavy atom. The summed E-state index contributed by atoms with van der Waals surface area (Å²) < 4.78 is 5.20. The minimum absolute atomic E-state index is 0.0499. The Morgan fingerprint density at radius 3 is 2.16 bits per heavy atom. The van der Waals surface area contributed by atoms with Crippen molar-refractivity contribution in [3.05, 3.63) is 34.4 Å². The number of rotatable bonds is 7. The molecule has 31 heavy (non-hydrogen) atoms. The van der Waals surface area contributed by atoms with E-state index in [-0.39, 0.29) is 18.4 Å². The zero-order valence-electron chi connectivity index (χ0n) is 19.5. The molecule has 0 aromatic heterocycles. The summed E-state index contributed by atoms with van der Waals surface area (Å²) in [7, 11) is 2.99. The van der Waals surface area contributed by atoms with Crippen LogP contribution in [-0.2, 0) is 30.4 Å². The van der Waals surface area contributed by atoms with Gasteiger partial charge < -0.3 is 9.57 Å². The van der Waals surface area contributed by atoms with Crippen LogP contribution in [0.4, 0.5) is 0 Å². The van der Waals surface area contributed by atoms with Gasteiger partial charge in [-0.1, -0.05) is 30.5 Å². The van der Waals surface area contributed by atoms with Gasteiger partial charge in [0, 0.05) is 13.1 Å². The van der Waals surface area contributed by atoms with Gasteiger partial charge in [0.1, 0.15) is 0 Å². The van der Waals surface area contributed by atoms with Crippen molar-refractivity contribution in [3.63, 3.8) is 0 Å². The van der Waals surface area contributed by atoms with Crippen LogP contribution in [0.2, 0.25) is 0 Å². The quantitative estimate of drug-likeness (QED) is 0.486. The van der Waals surface area contributed by atoms with Crippen LogP contribution in [-0.4, -0.2) is 61.0 Å². The fourth-order valence-electron chi connectivity index (χ4n) is 4.97. The maximum atomic E-state index is 13.7. The molecule has 0 atom stereocenters. The van der Waals surface area contributed by atoms with Gasteiger partial charge in [-0.05, 0) is 63.1 Å². The number of carbonyl (C=O) groups is 2. The van der Waals surface area contributed by atoms with E-state index in [0.717, 1.165) is 42.4 Å². The number of hydrogen-bond donors (Lipinski definition) is 0. The maximum absolute atomic E-state index is 13.7. The Labute approximate surface area is 185 Å². The van der Waals surface area contributed by atoms with Crippen molar-refractivity contribution in [1.82, 2.24) is 10.1 Å². The van der Waals surface area contributed by atoms with Crippen LogP contribution < -0.4 is 0 Å². The summed E-state index contributed by atoms with van der Waals surface area (Å²) in [5.41, 5.74) is 3.17. The highest BCUT2D eigenvalue weighted by molar-refractivity contribution is 5.88. The van der Waals surface area contributed by atoms with Gasteiger partial charge in [-0.15, -0.1) is 0 Å². The number of carbonyl (C=O) groups excluding carboxylic acids is 2. The lowest BCUT2D eigenvalue weighted by Crippen LogP contribution is -2.62. The molecule has 1 saturated heterocycles. The minimum Gasteiger partial charge on any atom is -0.467 e. The van der Waals surface area contributed by atoms with Gasteiger partial charge in [-0.25, -0.2) is 9.86 Å². The smallest absolute Gasteiger partial charge is 0.334 e. The number of hydrogen-bond acceptors (Lipinski definition) is 6. The van der Waals surface area contributed by atoms with Crippen molar-refractivity contribution in [2.45, 2.75) is 77.4 Å². The Morgan fingerprint density at radius 1 is 1.06 bits per heavy atom. The molecule has 0 N–H and O–H groups in total. The molecule has 1 aliphatic carbocycles. The topological polar surface area (TPSA) is 68.3 Å². The van der Waals surface area contributed by atoms with Gasteiger partial charge in [0.05, 0.1) is 26.7 Å². The van der Waals surface area contributed by atoms with Gasteiger partial charge in [0.15, 0.2) is 5.54 Å². The standard InChI is InChI=1S/C24H36N2O5/c1-17-14-18(2)21(19(3)15-17)16-22(27)26(31-20-8-6-7-9-20)24(23(28)29-4)10-12-25(30-5)13-11-24/h14-15,20H,6-13,16H2,1-5H3. The number of nitrogens with zero attached hydrogens (tertiary/aromatic N) is 2. The van der Waals surface area contributed by atoms with E-state index in [2.05, 4.69) is 19.1 Å². The second kappa shape index (κ2) is 10.1. The number of hydroxylamine groups is 4. The van der Waals surface area contributed by atoms with E-state index in [4.69, 9.17) is 14.4 Å². The largest absolute Gasteiger partial charge is 0.467 e. The zero-order valence-corrected chi connectivity index (χ0v) is 19.5. The van der Waals surface area contributed by atoms with Crippen LogP contribution in [0.1, 0.15) is 60.8 Å². The van der Waals surface area contributed by atoms with Crippen LogP contribution >= 0.6 is 0 Å². The van der Waals surface area contributed by atoms with Gasteiger partial charge in [0.25, 0.3) is 5.91 Å². The fraction of sp³-hybridized carbons (Fsp3) is 0.667. The number of amides is 1. The summed E-state index contributed by atoms with van der Waals surface area (Å²) in [6.07, 6.45) is 4.89. The highest BCUT2D eigenvalue weighted by Gasteiger charge is 2.51. The SMILES string of the molecule is COC(=O)C1(N(OC2CCCC2)C(=O)Cc2c(C)cc(C)cc2C)CCN(OC)CC1. The molecule has 172 valence electrons. The van der Waals surface area contributed by atoms with E-state index >= 15 is 0 Å². The maximum Gasteiger partial charge on any atom is 0.334 e. The van der Waals surface area contributed by atoms with Crippen LogP contribution in [0.3, 0.4) is 0 Å².